The molecule has 0 aliphatic heterocycles. The minimum atomic E-state index is -4.44. The first-order chi connectivity index (χ1) is 15.9. The van der Waals surface area contributed by atoms with E-state index >= 15 is 0 Å². The predicted molar refractivity (Wildman–Crippen MR) is 119 cm³/mol. The zero-order chi connectivity index (χ0) is 23.7. The van der Waals surface area contributed by atoms with Gasteiger partial charge < -0.3 is 10.1 Å². The second-order valence-electron chi connectivity index (χ2n) is 7.19. The van der Waals surface area contributed by atoms with Crippen LogP contribution >= 0.6 is 0 Å². The average Bonchev–Trinajstić information content (AvgIpc) is 2.82. The van der Waals surface area contributed by atoms with Gasteiger partial charge in [-0.15, -0.1) is 0 Å². The Morgan fingerprint density at radius 1 is 0.970 bits per heavy atom. The number of para-hydroxylation sites is 1. The third-order valence-electron chi connectivity index (χ3n) is 4.77. The molecule has 0 bridgehead atoms. The van der Waals surface area contributed by atoms with Crippen LogP contribution in [0.3, 0.4) is 0 Å². The molecule has 0 radical (unpaired) electrons. The van der Waals surface area contributed by atoms with Gasteiger partial charge in [0.25, 0.3) is 5.91 Å². The van der Waals surface area contributed by atoms with Gasteiger partial charge in [-0.3, -0.25) is 4.79 Å². The molecule has 0 aliphatic carbocycles. The van der Waals surface area contributed by atoms with E-state index < -0.39 is 17.6 Å². The summed E-state index contributed by atoms with van der Waals surface area (Å²) in [6.07, 6.45) is -2.41. The molecular formula is C26H21F3N2O2. The maximum Gasteiger partial charge on any atom is 0.416 e. The summed E-state index contributed by atoms with van der Waals surface area (Å²) in [7, 11) is 0. The number of rotatable bonds is 8. The van der Waals surface area contributed by atoms with Crippen LogP contribution in [0.2, 0.25) is 0 Å². The highest BCUT2D eigenvalue weighted by Crippen LogP contribution is 2.30. The Hall–Kier alpha value is -4.05. The molecule has 7 heteroatoms. The predicted octanol–water partition coefficient (Wildman–Crippen LogP) is 5.55. The van der Waals surface area contributed by atoms with Gasteiger partial charge in [0.1, 0.15) is 24.0 Å². The van der Waals surface area contributed by atoms with Crippen LogP contribution in [0.4, 0.5) is 13.2 Å². The van der Waals surface area contributed by atoms with Crippen molar-refractivity contribution in [2.45, 2.75) is 19.2 Å². The number of nitrogens with one attached hydrogen (secondary N) is 1. The van der Waals surface area contributed by atoms with Crippen LogP contribution in [0.25, 0.3) is 6.08 Å². The summed E-state index contributed by atoms with van der Waals surface area (Å²) < 4.78 is 44.5. The second kappa shape index (κ2) is 11.0. The lowest BCUT2D eigenvalue weighted by Crippen LogP contribution is -2.26. The number of ether oxygens (including phenoxy) is 1. The van der Waals surface area contributed by atoms with Gasteiger partial charge in [-0.1, -0.05) is 60.7 Å². The largest absolute Gasteiger partial charge is 0.488 e. The van der Waals surface area contributed by atoms with Crippen molar-refractivity contribution in [2.24, 2.45) is 0 Å². The fourth-order valence-electron chi connectivity index (χ4n) is 3.09. The van der Waals surface area contributed by atoms with E-state index in [1.165, 1.54) is 18.2 Å². The van der Waals surface area contributed by atoms with Gasteiger partial charge >= 0.3 is 6.18 Å². The number of nitrogens with zero attached hydrogens (tertiary/aromatic N) is 1. The summed E-state index contributed by atoms with van der Waals surface area (Å²) in [5.74, 6) is -0.166. The summed E-state index contributed by atoms with van der Waals surface area (Å²) in [5, 5.41) is 12.2. The van der Waals surface area contributed by atoms with Gasteiger partial charge in [-0.2, -0.15) is 18.4 Å². The Morgan fingerprint density at radius 2 is 1.67 bits per heavy atom. The molecule has 4 nitrogen and oxygen atoms in total. The van der Waals surface area contributed by atoms with Crippen molar-refractivity contribution in [3.8, 4) is 11.8 Å². The van der Waals surface area contributed by atoms with Gasteiger partial charge in [0, 0.05) is 12.1 Å². The van der Waals surface area contributed by atoms with Gasteiger partial charge in [-0.05, 0) is 41.8 Å². The molecule has 0 fully saturated rings. The Kier molecular flexibility index (Phi) is 7.87. The number of halogens is 3. The summed E-state index contributed by atoms with van der Waals surface area (Å²) in [6, 6.07) is 23.1. The number of alkyl halides is 3. The molecule has 33 heavy (non-hydrogen) atoms. The molecule has 168 valence electrons. The molecule has 3 rings (SSSR count). The van der Waals surface area contributed by atoms with E-state index in [2.05, 4.69) is 5.32 Å². The first-order valence-electron chi connectivity index (χ1n) is 10.2. The smallest absolute Gasteiger partial charge is 0.416 e. The number of benzene rings is 3. The quantitative estimate of drug-likeness (QED) is 0.362. The van der Waals surface area contributed by atoms with E-state index in [-0.39, 0.29) is 12.2 Å². The molecule has 1 amide bonds. The lowest BCUT2D eigenvalue weighted by atomic mass is 10.1. The summed E-state index contributed by atoms with van der Waals surface area (Å²) >= 11 is 0. The highest BCUT2D eigenvalue weighted by Gasteiger charge is 2.30. The molecule has 0 saturated carbocycles. The Balaban J connectivity index is 1.68. The Labute approximate surface area is 189 Å². The molecular weight excluding hydrogens is 429 g/mol. The van der Waals surface area contributed by atoms with Crippen LogP contribution < -0.4 is 10.1 Å². The molecule has 0 unspecified atom stereocenters. The van der Waals surface area contributed by atoms with E-state index in [0.717, 1.165) is 17.7 Å². The Bertz CT molecular complexity index is 1170. The molecule has 0 heterocycles. The zero-order valence-electron chi connectivity index (χ0n) is 17.6. The van der Waals surface area contributed by atoms with Crippen LogP contribution in [0.15, 0.2) is 84.4 Å². The van der Waals surface area contributed by atoms with Gasteiger partial charge in [-0.25, -0.2) is 0 Å². The molecule has 0 atom stereocenters. The molecule has 0 aromatic heterocycles. The normalized spacial score (nSPS) is 11.5. The van der Waals surface area contributed by atoms with Gasteiger partial charge in [0.15, 0.2) is 0 Å². The molecule has 0 spiro atoms. The van der Waals surface area contributed by atoms with Gasteiger partial charge in [0.05, 0.1) is 5.56 Å². The fourth-order valence-corrected chi connectivity index (χ4v) is 3.09. The summed E-state index contributed by atoms with van der Waals surface area (Å²) in [4.78, 5) is 12.4. The number of nitriles is 1. The zero-order valence-corrected chi connectivity index (χ0v) is 17.6. The van der Waals surface area contributed by atoms with Gasteiger partial charge in [0.2, 0.25) is 0 Å². The monoisotopic (exact) mass is 450 g/mol. The van der Waals surface area contributed by atoms with Crippen LogP contribution in [0.5, 0.6) is 5.75 Å². The number of amides is 1. The highest BCUT2D eigenvalue weighted by atomic mass is 19.4. The topological polar surface area (TPSA) is 62.1 Å². The number of hydrogen-bond acceptors (Lipinski definition) is 3. The van der Waals surface area contributed by atoms with E-state index in [1.807, 2.05) is 36.4 Å². The van der Waals surface area contributed by atoms with Crippen molar-refractivity contribution < 1.29 is 22.7 Å². The van der Waals surface area contributed by atoms with Crippen molar-refractivity contribution >= 4 is 12.0 Å². The number of carbonyl (C=O) groups excluding carboxylic acids is 1. The minimum Gasteiger partial charge on any atom is -0.488 e. The first kappa shape index (κ1) is 23.6. The van der Waals surface area contributed by atoms with E-state index in [9.17, 15) is 23.2 Å². The molecule has 0 aliphatic rings. The van der Waals surface area contributed by atoms with E-state index in [4.69, 9.17) is 4.74 Å². The van der Waals surface area contributed by atoms with Crippen LogP contribution in [0, 0.1) is 11.3 Å². The third-order valence-corrected chi connectivity index (χ3v) is 4.77. The van der Waals surface area contributed by atoms with Crippen molar-refractivity contribution in [2.75, 3.05) is 6.54 Å². The Morgan fingerprint density at radius 3 is 2.39 bits per heavy atom. The van der Waals surface area contributed by atoms with Crippen LogP contribution in [-0.2, 0) is 24.0 Å². The standard InChI is InChI=1S/C26H21F3N2O2/c27-26(28,29)23-11-6-9-20(15-23)18-33-24-12-5-4-10-21(24)16-22(17-30)25(32)31-14-13-19-7-2-1-3-8-19/h1-12,15-16H,13-14,18H2,(H,31,32)/b22-16+. The SMILES string of the molecule is N#C/C(=C\c1ccccc1OCc1cccc(C(F)(F)F)c1)C(=O)NCCc1ccccc1. The maximum absolute atomic E-state index is 12.9. The highest BCUT2D eigenvalue weighted by molar-refractivity contribution is 6.01. The summed E-state index contributed by atoms with van der Waals surface area (Å²) in [5.41, 5.74) is 1.03. The van der Waals surface area contributed by atoms with Crippen molar-refractivity contribution in [3.63, 3.8) is 0 Å². The van der Waals surface area contributed by atoms with Crippen LogP contribution in [-0.4, -0.2) is 12.5 Å². The molecule has 3 aromatic carbocycles. The summed E-state index contributed by atoms with van der Waals surface area (Å²) in [6.45, 7) is 0.273. The van der Waals surface area contributed by atoms with Crippen molar-refractivity contribution in [3.05, 3.63) is 107 Å². The number of carbonyl (C=O) groups is 1. The van der Waals surface area contributed by atoms with Crippen molar-refractivity contribution in [1.29, 1.82) is 5.26 Å². The van der Waals surface area contributed by atoms with Crippen LogP contribution in [0.1, 0.15) is 22.3 Å². The molecule has 0 saturated heterocycles. The lowest BCUT2D eigenvalue weighted by Gasteiger charge is -2.12. The fraction of sp³-hybridized carbons (Fsp3) is 0.154. The minimum absolute atomic E-state index is 0.0973. The molecule has 3 aromatic rings. The average molecular weight is 450 g/mol. The van der Waals surface area contributed by atoms with E-state index in [0.29, 0.717) is 29.8 Å². The van der Waals surface area contributed by atoms with Crippen molar-refractivity contribution in [1.82, 2.24) is 5.32 Å². The maximum atomic E-state index is 12.9. The second-order valence-corrected chi connectivity index (χ2v) is 7.19. The third kappa shape index (κ3) is 6.97. The first-order valence-corrected chi connectivity index (χ1v) is 10.2. The number of hydrogen-bond donors (Lipinski definition) is 1. The van der Waals surface area contributed by atoms with E-state index in [1.54, 1.807) is 24.3 Å². The lowest BCUT2D eigenvalue weighted by molar-refractivity contribution is -0.137. The molecule has 1 N–H and O–H groups in total.